The predicted molar refractivity (Wildman–Crippen MR) is 113 cm³/mol. The first-order chi connectivity index (χ1) is 13.4. The molecule has 0 aromatic heterocycles. The summed E-state index contributed by atoms with van der Waals surface area (Å²) < 4.78 is 0. The molecule has 0 spiro atoms. The van der Waals surface area contributed by atoms with Crippen LogP contribution in [-0.2, 0) is 16.1 Å². The Morgan fingerprint density at radius 2 is 1.39 bits per heavy atom. The SMILES string of the molecule is Cc1cc(C)c(NC(=O)C2CCC(C(=O)NCc3ccccc3)CC2)c(C)c1. The zero-order valence-corrected chi connectivity index (χ0v) is 17.0. The van der Waals surface area contributed by atoms with Gasteiger partial charge in [-0.3, -0.25) is 9.59 Å². The maximum atomic E-state index is 12.7. The van der Waals surface area contributed by atoms with E-state index in [4.69, 9.17) is 0 Å². The molecule has 0 saturated heterocycles. The highest BCUT2D eigenvalue weighted by molar-refractivity contribution is 5.94. The lowest BCUT2D eigenvalue weighted by Crippen LogP contribution is -2.35. The standard InChI is InChI=1S/C24H30N2O2/c1-16-13-17(2)22(18(3)14-16)26-24(28)21-11-9-20(10-12-21)23(27)25-15-19-7-5-4-6-8-19/h4-8,13-14,20-21H,9-12,15H2,1-3H3,(H,25,27)(H,26,28). The Kier molecular flexibility index (Phi) is 6.50. The Labute approximate surface area is 167 Å². The maximum Gasteiger partial charge on any atom is 0.227 e. The first kappa shape index (κ1) is 20.1. The summed E-state index contributed by atoms with van der Waals surface area (Å²) in [6.07, 6.45) is 3.06. The van der Waals surface area contributed by atoms with Gasteiger partial charge < -0.3 is 10.6 Å². The van der Waals surface area contributed by atoms with E-state index in [-0.39, 0.29) is 23.7 Å². The van der Waals surface area contributed by atoms with E-state index in [0.29, 0.717) is 6.54 Å². The van der Waals surface area contributed by atoms with Gasteiger partial charge in [0.05, 0.1) is 0 Å². The zero-order chi connectivity index (χ0) is 20.1. The summed E-state index contributed by atoms with van der Waals surface area (Å²) in [5.74, 6) is 0.181. The second-order valence-electron chi connectivity index (χ2n) is 8.01. The summed E-state index contributed by atoms with van der Waals surface area (Å²) >= 11 is 0. The summed E-state index contributed by atoms with van der Waals surface area (Å²) in [7, 11) is 0. The number of amides is 2. The summed E-state index contributed by atoms with van der Waals surface area (Å²) in [6.45, 7) is 6.69. The van der Waals surface area contributed by atoms with Crippen molar-refractivity contribution in [3.63, 3.8) is 0 Å². The van der Waals surface area contributed by atoms with E-state index in [1.165, 1.54) is 5.56 Å². The molecule has 4 heteroatoms. The van der Waals surface area contributed by atoms with Gasteiger partial charge >= 0.3 is 0 Å². The molecule has 1 fully saturated rings. The Morgan fingerprint density at radius 1 is 0.857 bits per heavy atom. The van der Waals surface area contributed by atoms with E-state index in [0.717, 1.165) is 48.1 Å². The summed E-state index contributed by atoms with van der Waals surface area (Å²) in [4.78, 5) is 25.2. The number of anilines is 1. The van der Waals surface area contributed by atoms with E-state index in [1.54, 1.807) is 0 Å². The molecule has 0 bridgehead atoms. The fourth-order valence-corrected chi connectivity index (χ4v) is 4.15. The Morgan fingerprint density at radius 3 is 1.96 bits per heavy atom. The van der Waals surface area contributed by atoms with Crippen molar-refractivity contribution in [3.05, 3.63) is 64.7 Å². The van der Waals surface area contributed by atoms with Crippen LogP contribution in [0.25, 0.3) is 0 Å². The fraction of sp³-hybridized carbons (Fsp3) is 0.417. The van der Waals surface area contributed by atoms with Crippen LogP contribution in [-0.4, -0.2) is 11.8 Å². The molecule has 2 aromatic carbocycles. The lowest BCUT2D eigenvalue weighted by Gasteiger charge is -2.27. The average molecular weight is 379 g/mol. The molecule has 0 atom stereocenters. The third kappa shape index (κ3) is 5.00. The largest absolute Gasteiger partial charge is 0.352 e. The van der Waals surface area contributed by atoms with Gasteiger partial charge in [-0.25, -0.2) is 0 Å². The minimum atomic E-state index is -0.0155. The van der Waals surface area contributed by atoms with Gasteiger partial charge in [-0.2, -0.15) is 0 Å². The topological polar surface area (TPSA) is 58.2 Å². The minimum Gasteiger partial charge on any atom is -0.352 e. The second kappa shape index (κ2) is 9.05. The number of carbonyl (C=O) groups excluding carboxylic acids is 2. The Hall–Kier alpha value is -2.62. The summed E-state index contributed by atoms with van der Waals surface area (Å²) in [5.41, 5.74) is 5.43. The summed E-state index contributed by atoms with van der Waals surface area (Å²) in [6, 6.07) is 14.1. The van der Waals surface area contributed by atoms with Crippen LogP contribution in [0.15, 0.2) is 42.5 Å². The van der Waals surface area contributed by atoms with Crippen molar-refractivity contribution in [2.75, 3.05) is 5.32 Å². The van der Waals surface area contributed by atoms with Gasteiger partial charge in [0, 0.05) is 24.1 Å². The van der Waals surface area contributed by atoms with Gasteiger partial charge in [0.25, 0.3) is 0 Å². The highest BCUT2D eigenvalue weighted by atomic mass is 16.2. The van der Waals surface area contributed by atoms with Gasteiger partial charge in [0.15, 0.2) is 0 Å². The van der Waals surface area contributed by atoms with Crippen LogP contribution in [0.1, 0.15) is 47.9 Å². The van der Waals surface area contributed by atoms with Crippen LogP contribution in [0.4, 0.5) is 5.69 Å². The molecule has 0 aliphatic heterocycles. The van der Waals surface area contributed by atoms with Crippen molar-refractivity contribution in [2.45, 2.75) is 53.0 Å². The van der Waals surface area contributed by atoms with Crippen LogP contribution in [0, 0.1) is 32.6 Å². The molecule has 148 valence electrons. The average Bonchev–Trinajstić information content (AvgIpc) is 2.69. The number of benzene rings is 2. The molecule has 2 aromatic rings. The first-order valence-corrected chi connectivity index (χ1v) is 10.1. The van der Waals surface area contributed by atoms with Crippen molar-refractivity contribution in [3.8, 4) is 0 Å². The molecular weight excluding hydrogens is 348 g/mol. The number of hydrogen-bond acceptors (Lipinski definition) is 2. The summed E-state index contributed by atoms with van der Waals surface area (Å²) in [5, 5.41) is 6.16. The van der Waals surface area contributed by atoms with Gasteiger partial charge in [0.1, 0.15) is 0 Å². The number of aryl methyl sites for hydroxylation is 3. The van der Waals surface area contributed by atoms with E-state index in [9.17, 15) is 9.59 Å². The number of rotatable bonds is 5. The van der Waals surface area contributed by atoms with Crippen LogP contribution in [0.5, 0.6) is 0 Å². The number of nitrogens with one attached hydrogen (secondary N) is 2. The second-order valence-corrected chi connectivity index (χ2v) is 8.01. The smallest absolute Gasteiger partial charge is 0.227 e. The Bertz CT molecular complexity index is 814. The van der Waals surface area contributed by atoms with Crippen molar-refractivity contribution < 1.29 is 9.59 Å². The van der Waals surface area contributed by atoms with Gasteiger partial charge in [-0.1, -0.05) is 48.0 Å². The van der Waals surface area contributed by atoms with Crippen LogP contribution in [0.3, 0.4) is 0 Å². The molecule has 0 heterocycles. The van der Waals surface area contributed by atoms with Crippen LogP contribution >= 0.6 is 0 Å². The number of carbonyl (C=O) groups is 2. The fourth-order valence-electron chi connectivity index (χ4n) is 4.15. The third-order valence-electron chi connectivity index (χ3n) is 5.70. The van der Waals surface area contributed by atoms with Gasteiger partial charge in [-0.05, 0) is 63.1 Å². The van der Waals surface area contributed by atoms with E-state index < -0.39 is 0 Å². The third-order valence-corrected chi connectivity index (χ3v) is 5.70. The monoisotopic (exact) mass is 378 g/mol. The maximum absolute atomic E-state index is 12.7. The van der Waals surface area contributed by atoms with Crippen molar-refractivity contribution >= 4 is 17.5 Å². The van der Waals surface area contributed by atoms with E-state index in [1.807, 2.05) is 44.2 Å². The van der Waals surface area contributed by atoms with Crippen molar-refractivity contribution in [1.29, 1.82) is 0 Å². The first-order valence-electron chi connectivity index (χ1n) is 10.1. The molecule has 1 saturated carbocycles. The molecule has 2 amide bonds. The predicted octanol–water partition coefficient (Wildman–Crippen LogP) is 4.67. The highest BCUT2D eigenvalue weighted by Crippen LogP contribution is 2.31. The molecule has 3 rings (SSSR count). The van der Waals surface area contributed by atoms with Crippen molar-refractivity contribution in [2.24, 2.45) is 11.8 Å². The molecular formula is C24H30N2O2. The lowest BCUT2D eigenvalue weighted by atomic mass is 9.81. The molecule has 4 nitrogen and oxygen atoms in total. The molecule has 28 heavy (non-hydrogen) atoms. The zero-order valence-electron chi connectivity index (χ0n) is 17.0. The van der Waals surface area contributed by atoms with E-state index in [2.05, 4.69) is 29.7 Å². The highest BCUT2D eigenvalue weighted by Gasteiger charge is 2.30. The normalized spacial score (nSPS) is 19.1. The molecule has 2 N–H and O–H groups in total. The van der Waals surface area contributed by atoms with Crippen LogP contribution < -0.4 is 10.6 Å². The lowest BCUT2D eigenvalue weighted by molar-refractivity contribution is -0.128. The van der Waals surface area contributed by atoms with E-state index >= 15 is 0 Å². The Balaban J connectivity index is 1.49. The molecule has 0 unspecified atom stereocenters. The molecule has 1 aliphatic carbocycles. The van der Waals surface area contributed by atoms with Crippen LogP contribution in [0.2, 0.25) is 0 Å². The molecule has 1 aliphatic rings. The van der Waals surface area contributed by atoms with Gasteiger partial charge in [-0.15, -0.1) is 0 Å². The minimum absolute atomic E-state index is 0.00982. The quantitative estimate of drug-likeness (QED) is 0.794. The van der Waals surface area contributed by atoms with Crippen molar-refractivity contribution in [1.82, 2.24) is 5.32 Å². The molecule has 0 radical (unpaired) electrons. The van der Waals surface area contributed by atoms with Gasteiger partial charge in [0.2, 0.25) is 11.8 Å². The number of hydrogen-bond donors (Lipinski definition) is 2.